The Labute approximate surface area is 169 Å². The van der Waals surface area contributed by atoms with Crippen LogP contribution < -0.4 is 0 Å². The summed E-state index contributed by atoms with van der Waals surface area (Å²) in [6, 6.07) is 6.41. The van der Waals surface area contributed by atoms with Crippen LogP contribution >= 0.6 is 0 Å². The predicted molar refractivity (Wildman–Crippen MR) is 104 cm³/mol. The lowest BCUT2D eigenvalue weighted by molar-refractivity contribution is 0.0639. The minimum Gasteiger partial charge on any atom is -0.268 e. The average molecular weight is 419 g/mol. The van der Waals surface area contributed by atoms with Gasteiger partial charge in [0.2, 0.25) is 10.0 Å². The van der Waals surface area contributed by atoms with E-state index in [1.54, 1.807) is 6.07 Å². The van der Waals surface area contributed by atoms with Gasteiger partial charge in [-0.15, -0.1) is 0 Å². The first-order chi connectivity index (χ1) is 13.8. The first kappa shape index (κ1) is 21.1. The average Bonchev–Trinajstić information content (AvgIpc) is 2.94. The quantitative estimate of drug-likeness (QED) is 0.614. The topological polar surface area (TPSA) is 87.7 Å². The Kier molecular flexibility index (Phi) is 6.09. The smallest absolute Gasteiger partial charge is 0.268 e. The van der Waals surface area contributed by atoms with Gasteiger partial charge in [0.25, 0.3) is 11.8 Å². The molecule has 0 radical (unpaired) electrons. The lowest BCUT2D eigenvalue weighted by Gasteiger charge is -2.23. The van der Waals surface area contributed by atoms with Gasteiger partial charge in [-0.25, -0.2) is 12.8 Å². The fraction of sp³-hybridized carbons (Fsp3) is 0.350. The number of aromatic nitrogens is 1. The van der Waals surface area contributed by atoms with E-state index in [4.69, 9.17) is 0 Å². The number of sulfonamides is 1. The summed E-state index contributed by atoms with van der Waals surface area (Å²) in [5.41, 5.74) is 0.378. The van der Waals surface area contributed by atoms with Crippen molar-refractivity contribution >= 4 is 21.8 Å². The van der Waals surface area contributed by atoms with Crippen LogP contribution in [0.25, 0.3) is 0 Å². The second-order valence-corrected chi connectivity index (χ2v) is 8.66. The summed E-state index contributed by atoms with van der Waals surface area (Å²) in [6.45, 7) is 4.02. The molecule has 9 heteroatoms. The van der Waals surface area contributed by atoms with Gasteiger partial charge in [0.15, 0.2) is 0 Å². The van der Waals surface area contributed by atoms with E-state index >= 15 is 0 Å². The maximum Gasteiger partial charge on any atom is 0.280 e. The third kappa shape index (κ3) is 3.92. The molecular formula is C20H22FN3O4S. The lowest BCUT2D eigenvalue weighted by atomic mass is 10.2. The number of nitrogens with zero attached hydrogens (tertiary/aromatic N) is 3. The predicted octanol–water partition coefficient (Wildman–Crippen LogP) is 2.83. The van der Waals surface area contributed by atoms with E-state index in [-0.39, 0.29) is 28.3 Å². The van der Waals surface area contributed by atoms with E-state index in [9.17, 15) is 22.4 Å². The monoisotopic (exact) mass is 419 g/mol. The summed E-state index contributed by atoms with van der Waals surface area (Å²) >= 11 is 0. The zero-order chi connectivity index (χ0) is 21.2. The van der Waals surface area contributed by atoms with Crippen molar-refractivity contribution in [2.75, 3.05) is 13.1 Å². The number of hydrogen-bond acceptors (Lipinski definition) is 5. The van der Waals surface area contributed by atoms with E-state index < -0.39 is 27.7 Å². The standard InChI is InChI=1S/C20H22FN3O4S/c1-3-10-23(11-4-2)29(27,28)17-12-15(21)8-7-14(17)13-24-19(25)16-6-5-9-22-18(16)20(24)26/h5-9,12H,3-4,10-11,13H2,1-2H3. The second kappa shape index (κ2) is 8.38. The fourth-order valence-corrected chi connectivity index (χ4v) is 5.17. The van der Waals surface area contributed by atoms with Crippen LogP contribution in [0.1, 0.15) is 53.1 Å². The third-order valence-corrected chi connectivity index (χ3v) is 6.63. The van der Waals surface area contributed by atoms with Crippen molar-refractivity contribution in [3.8, 4) is 0 Å². The Morgan fingerprint density at radius 2 is 1.76 bits per heavy atom. The number of hydrogen-bond donors (Lipinski definition) is 0. The molecule has 0 saturated heterocycles. The van der Waals surface area contributed by atoms with Crippen molar-refractivity contribution in [1.29, 1.82) is 0 Å². The summed E-state index contributed by atoms with van der Waals surface area (Å²) in [4.78, 5) is 29.8. The fourth-order valence-electron chi connectivity index (χ4n) is 3.32. The minimum atomic E-state index is -3.99. The molecule has 29 heavy (non-hydrogen) atoms. The molecule has 1 aliphatic heterocycles. The zero-order valence-electron chi connectivity index (χ0n) is 16.3. The van der Waals surface area contributed by atoms with Crippen molar-refractivity contribution in [2.45, 2.75) is 38.1 Å². The molecule has 0 spiro atoms. The number of benzene rings is 1. The molecule has 0 saturated carbocycles. The van der Waals surface area contributed by atoms with Gasteiger partial charge >= 0.3 is 0 Å². The van der Waals surface area contributed by atoms with Crippen molar-refractivity contribution in [2.24, 2.45) is 0 Å². The third-order valence-electron chi connectivity index (χ3n) is 4.65. The van der Waals surface area contributed by atoms with E-state index in [0.29, 0.717) is 25.9 Å². The van der Waals surface area contributed by atoms with Gasteiger partial charge < -0.3 is 0 Å². The highest BCUT2D eigenvalue weighted by Gasteiger charge is 2.38. The number of amides is 2. The van der Waals surface area contributed by atoms with Crippen molar-refractivity contribution in [3.63, 3.8) is 0 Å². The highest BCUT2D eigenvalue weighted by atomic mass is 32.2. The Morgan fingerprint density at radius 3 is 2.38 bits per heavy atom. The molecule has 2 aromatic rings. The van der Waals surface area contributed by atoms with Gasteiger partial charge in [-0.05, 0) is 42.7 Å². The van der Waals surface area contributed by atoms with Gasteiger partial charge in [-0.3, -0.25) is 19.5 Å². The summed E-state index contributed by atoms with van der Waals surface area (Å²) in [5.74, 6) is -1.86. The van der Waals surface area contributed by atoms with Crippen LogP contribution in [0.3, 0.4) is 0 Å². The molecule has 0 fully saturated rings. The summed E-state index contributed by atoms with van der Waals surface area (Å²) < 4.78 is 41.7. The van der Waals surface area contributed by atoms with E-state index in [1.807, 2.05) is 13.8 Å². The van der Waals surface area contributed by atoms with Crippen LogP contribution in [-0.2, 0) is 16.6 Å². The molecule has 154 valence electrons. The SMILES string of the molecule is CCCN(CCC)S(=O)(=O)c1cc(F)ccc1CN1C(=O)c2cccnc2C1=O. The first-order valence-corrected chi connectivity index (χ1v) is 10.8. The number of imide groups is 1. The highest BCUT2D eigenvalue weighted by Crippen LogP contribution is 2.27. The molecule has 0 bridgehead atoms. The minimum absolute atomic E-state index is 0.0302. The van der Waals surface area contributed by atoms with E-state index in [2.05, 4.69) is 4.98 Å². The van der Waals surface area contributed by atoms with Gasteiger partial charge in [-0.2, -0.15) is 4.31 Å². The maximum atomic E-state index is 14.0. The molecule has 2 heterocycles. The molecule has 0 N–H and O–H groups in total. The van der Waals surface area contributed by atoms with Crippen LogP contribution in [0.2, 0.25) is 0 Å². The molecule has 0 unspecified atom stereocenters. The number of carbonyl (C=O) groups is 2. The maximum absolute atomic E-state index is 14.0. The number of rotatable bonds is 8. The van der Waals surface area contributed by atoms with Crippen LogP contribution in [0, 0.1) is 5.82 Å². The molecule has 1 aliphatic rings. The van der Waals surface area contributed by atoms with Crippen LogP contribution in [0.4, 0.5) is 4.39 Å². The first-order valence-electron chi connectivity index (χ1n) is 9.41. The molecule has 0 aliphatic carbocycles. The van der Waals surface area contributed by atoms with E-state index in [0.717, 1.165) is 17.0 Å². The van der Waals surface area contributed by atoms with E-state index in [1.165, 1.54) is 22.6 Å². The summed E-state index contributed by atoms with van der Waals surface area (Å²) in [7, 11) is -3.99. The molecule has 1 aromatic heterocycles. The largest absolute Gasteiger partial charge is 0.280 e. The van der Waals surface area contributed by atoms with Crippen LogP contribution in [-0.4, -0.2) is 47.5 Å². The van der Waals surface area contributed by atoms with Crippen molar-refractivity contribution in [1.82, 2.24) is 14.2 Å². The molecular weight excluding hydrogens is 397 g/mol. The normalized spacial score (nSPS) is 14.0. The summed E-state index contributed by atoms with van der Waals surface area (Å²) in [6.07, 6.45) is 2.62. The van der Waals surface area contributed by atoms with Gasteiger partial charge in [0, 0.05) is 19.3 Å². The Hall–Kier alpha value is -2.65. The van der Waals surface area contributed by atoms with Crippen molar-refractivity contribution in [3.05, 3.63) is 59.2 Å². The Bertz CT molecular complexity index is 1010. The summed E-state index contributed by atoms with van der Waals surface area (Å²) in [5, 5.41) is 0. The van der Waals surface area contributed by atoms with Gasteiger partial charge in [-0.1, -0.05) is 19.9 Å². The number of halogens is 1. The number of fused-ring (bicyclic) bond motifs is 1. The molecule has 1 aromatic carbocycles. The number of carbonyl (C=O) groups excluding carboxylic acids is 2. The van der Waals surface area contributed by atoms with Gasteiger partial charge in [0.1, 0.15) is 11.5 Å². The second-order valence-electron chi connectivity index (χ2n) is 6.75. The van der Waals surface area contributed by atoms with Gasteiger partial charge in [0.05, 0.1) is 17.0 Å². The van der Waals surface area contributed by atoms with Crippen LogP contribution in [0.5, 0.6) is 0 Å². The molecule has 2 amide bonds. The Morgan fingerprint density at radius 1 is 1.07 bits per heavy atom. The highest BCUT2D eigenvalue weighted by molar-refractivity contribution is 7.89. The Balaban J connectivity index is 2.00. The van der Waals surface area contributed by atoms with Crippen molar-refractivity contribution < 1.29 is 22.4 Å². The molecule has 3 rings (SSSR count). The lowest BCUT2D eigenvalue weighted by Crippen LogP contribution is -2.35. The molecule has 7 nitrogen and oxygen atoms in total. The van der Waals surface area contributed by atoms with Crippen LogP contribution in [0.15, 0.2) is 41.4 Å². The molecule has 0 atom stereocenters. The zero-order valence-corrected chi connectivity index (χ0v) is 17.1. The number of pyridine rings is 1.